The Hall–Kier alpha value is -0.970. The highest BCUT2D eigenvalue weighted by molar-refractivity contribution is 9.10. The van der Waals surface area contributed by atoms with Crippen molar-refractivity contribution in [2.75, 3.05) is 0 Å². The maximum absolute atomic E-state index is 12.9. The second kappa shape index (κ2) is 5.21. The van der Waals surface area contributed by atoms with E-state index in [1.165, 1.54) is 6.07 Å². The number of rotatable bonds is 4. The summed E-state index contributed by atoms with van der Waals surface area (Å²) in [6.07, 6.45) is 0.853. The number of aliphatic carboxylic acids is 1. The van der Waals surface area contributed by atoms with Gasteiger partial charge in [0.25, 0.3) is 0 Å². The maximum Gasteiger partial charge on any atom is 0.303 e. The van der Waals surface area contributed by atoms with Gasteiger partial charge in [0.1, 0.15) is 0 Å². The van der Waals surface area contributed by atoms with Crippen LogP contribution in [0.2, 0.25) is 0 Å². The average molecular weight is 279 g/mol. The summed E-state index contributed by atoms with van der Waals surface area (Å²) >= 11 is 2.89. The molecule has 0 radical (unpaired) electrons. The fraction of sp³-hybridized carbons (Fsp3) is 0.300. The van der Waals surface area contributed by atoms with E-state index in [1.807, 2.05) is 0 Å². The highest BCUT2D eigenvalue weighted by Crippen LogP contribution is 2.21. The summed E-state index contributed by atoms with van der Waals surface area (Å²) < 4.78 is 25.8. The number of hydrogen-bond donors (Lipinski definition) is 1. The van der Waals surface area contributed by atoms with Crippen molar-refractivity contribution in [3.8, 4) is 0 Å². The third kappa shape index (κ3) is 3.58. The lowest BCUT2D eigenvalue weighted by atomic mass is 10.1. The van der Waals surface area contributed by atoms with Crippen LogP contribution in [0.1, 0.15) is 18.4 Å². The molecule has 82 valence electrons. The lowest BCUT2D eigenvalue weighted by molar-refractivity contribution is -0.137. The van der Waals surface area contributed by atoms with Crippen molar-refractivity contribution in [2.45, 2.75) is 19.3 Å². The van der Waals surface area contributed by atoms with Crippen molar-refractivity contribution >= 4 is 21.9 Å². The zero-order valence-corrected chi connectivity index (χ0v) is 9.35. The van der Waals surface area contributed by atoms with E-state index >= 15 is 0 Å². The van der Waals surface area contributed by atoms with Gasteiger partial charge in [0.2, 0.25) is 0 Å². The molecule has 0 bridgehead atoms. The van der Waals surface area contributed by atoms with E-state index in [4.69, 9.17) is 5.11 Å². The van der Waals surface area contributed by atoms with Crippen LogP contribution in [0.5, 0.6) is 0 Å². The summed E-state index contributed by atoms with van der Waals surface area (Å²) in [5.74, 6) is -2.73. The SMILES string of the molecule is O=C(O)CCCc1cc(F)c(F)c(Br)c1. The van der Waals surface area contributed by atoms with Gasteiger partial charge in [0.05, 0.1) is 4.47 Å². The molecule has 0 atom stereocenters. The monoisotopic (exact) mass is 278 g/mol. The van der Waals surface area contributed by atoms with E-state index in [-0.39, 0.29) is 10.9 Å². The molecule has 0 heterocycles. The molecule has 0 unspecified atom stereocenters. The molecule has 0 spiro atoms. The average Bonchev–Trinajstić information content (AvgIpc) is 2.13. The first-order valence-electron chi connectivity index (χ1n) is 4.36. The molecule has 0 aliphatic heterocycles. The Morgan fingerprint density at radius 1 is 1.40 bits per heavy atom. The van der Waals surface area contributed by atoms with Crippen molar-refractivity contribution in [1.82, 2.24) is 0 Å². The van der Waals surface area contributed by atoms with Gasteiger partial charge in [-0.15, -0.1) is 0 Å². The van der Waals surface area contributed by atoms with Crippen LogP contribution in [0.15, 0.2) is 16.6 Å². The van der Waals surface area contributed by atoms with Crippen LogP contribution in [0, 0.1) is 11.6 Å². The smallest absolute Gasteiger partial charge is 0.303 e. The second-order valence-electron chi connectivity index (χ2n) is 3.12. The number of halogens is 3. The third-order valence-corrected chi connectivity index (χ3v) is 2.48. The van der Waals surface area contributed by atoms with Crippen LogP contribution in [-0.4, -0.2) is 11.1 Å². The molecule has 0 aromatic heterocycles. The van der Waals surface area contributed by atoms with E-state index in [2.05, 4.69) is 15.9 Å². The number of carbonyl (C=O) groups is 1. The fourth-order valence-corrected chi connectivity index (χ4v) is 1.68. The minimum atomic E-state index is -0.922. The van der Waals surface area contributed by atoms with Gasteiger partial charge in [-0.25, -0.2) is 8.78 Å². The van der Waals surface area contributed by atoms with Gasteiger partial charge in [-0.2, -0.15) is 0 Å². The molecule has 1 N–H and O–H groups in total. The molecule has 1 aromatic carbocycles. The van der Waals surface area contributed by atoms with Crippen molar-refractivity contribution < 1.29 is 18.7 Å². The number of benzene rings is 1. The molecule has 0 fully saturated rings. The van der Waals surface area contributed by atoms with E-state index in [9.17, 15) is 13.6 Å². The van der Waals surface area contributed by atoms with E-state index in [0.717, 1.165) is 6.07 Å². The quantitative estimate of drug-likeness (QED) is 0.860. The Labute approximate surface area is 94.0 Å². The summed E-state index contributed by atoms with van der Waals surface area (Å²) in [4.78, 5) is 10.2. The predicted molar refractivity (Wildman–Crippen MR) is 54.6 cm³/mol. The zero-order chi connectivity index (χ0) is 11.4. The van der Waals surface area contributed by atoms with Crippen LogP contribution in [-0.2, 0) is 11.2 Å². The van der Waals surface area contributed by atoms with E-state index in [1.54, 1.807) is 0 Å². The molecule has 5 heteroatoms. The first-order chi connectivity index (χ1) is 7.00. The zero-order valence-electron chi connectivity index (χ0n) is 7.77. The number of hydrogen-bond acceptors (Lipinski definition) is 1. The molecule has 0 aliphatic carbocycles. The lowest BCUT2D eigenvalue weighted by Crippen LogP contribution is -1.97. The molecule has 15 heavy (non-hydrogen) atoms. The van der Waals surface area contributed by atoms with Crippen molar-refractivity contribution in [2.24, 2.45) is 0 Å². The van der Waals surface area contributed by atoms with Gasteiger partial charge in [-0.1, -0.05) is 0 Å². The molecule has 0 amide bonds. The third-order valence-electron chi connectivity index (χ3n) is 1.90. The largest absolute Gasteiger partial charge is 0.481 e. The molecular weight excluding hydrogens is 270 g/mol. The topological polar surface area (TPSA) is 37.3 Å². The van der Waals surface area contributed by atoms with Crippen LogP contribution in [0.3, 0.4) is 0 Å². The normalized spacial score (nSPS) is 10.3. The fourth-order valence-electron chi connectivity index (χ4n) is 1.20. The lowest BCUT2D eigenvalue weighted by Gasteiger charge is -2.02. The molecule has 1 aromatic rings. The number of carboxylic acids is 1. The first-order valence-corrected chi connectivity index (χ1v) is 5.15. The Morgan fingerprint density at radius 2 is 2.07 bits per heavy atom. The Morgan fingerprint density at radius 3 is 2.60 bits per heavy atom. The van der Waals surface area contributed by atoms with Crippen molar-refractivity contribution in [3.63, 3.8) is 0 Å². The van der Waals surface area contributed by atoms with Gasteiger partial charge in [-0.05, 0) is 46.5 Å². The summed E-state index contributed by atoms with van der Waals surface area (Å²) in [5, 5.41) is 8.40. The molecule has 0 aliphatic rings. The van der Waals surface area contributed by atoms with E-state index < -0.39 is 17.6 Å². The Kier molecular flexibility index (Phi) is 4.20. The number of aryl methyl sites for hydroxylation is 1. The van der Waals surface area contributed by atoms with Crippen LogP contribution < -0.4 is 0 Å². The minimum Gasteiger partial charge on any atom is -0.481 e. The highest BCUT2D eigenvalue weighted by Gasteiger charge is 2.08. The van der Waals surface area contributed by atoms with Crippen molar-refractivity contribution in [3.05, 3.63) is 33.8 Å². The molecule has 0 saturated carbocycles. The van der Waals surface area contributed by atoms with Crippen molar-refractivity contribution in [1.29, 1.82) is 0 Å². The minimum absolute atomic E-state index is 0.0244. The van der Waals surface area contributed by atoms with Crippen LogP contribution in [0.25, 0.3) is 0 Å². The summed E-state index contributed by atoms with van der Waals surface area (Å²) in [7, 11) is 0. The summed E-state index contributed by atoms with van der Waals surface area (Å²) in [6.45, 7) is 0. The van der Waals surface area contributed by atoms with Gasteiger partial charge in [0, 0.05) is 6.42 Å². The molecule has 0 saturated heterocycles. The van der Waals surface area contributed by atoms with Crippen LogP contribution >= 0.6 is 15.9 Å². The Balaban J connectivity index is 2.66. The van der Waals surface area contributed by atoms with Gasteiger partial charge in [-0.3, -0.25) is 4.79 Å². The molecule has 2 nitrogen and oxygen atoms in total. The summed E-state index contributed by atoms with van der Waals surface area (Å²) in [5.41, 5.74) is 0.585. The Bertz CT molecular complexity index is 357. The first kappa shape index (κ1) is 12.1. The van der Waals surface area contributed by atoms with Gasteiger partial charge < -0.3 is 5.11 Å². The summed E-state index contributed by atoms with van der Waals surface area (Å²) in [6, 6.07) is 2.54. The molecular formula is C10H9BrF2O2. The molecule has 1 rings (SSSR count). The van der Waals surface area contributed by atoms with E-state index in [0.29, 0.717) is 18.4 Å². The number of carboxylic acid groups (broad SMARTS) is 1. The maximum atomic E-state index is 12.9. The highest BCUT2D eigenvalue weighted by atomic mass is 79.9. The van der Waals surface area contributed by atoms with Crippen LogP contribution in [0.4, 0.5) is 8.78 Å². The predicted octanol–water partition coefficient (Wildman–Crippen LogP) is 3.13. The standard InChI is InChI=1S/C10H9BrF2O2/c11-7-4-6(2-1-3-9(14)15)5-8(12)10(7)13/h4-5H,1-3H2,(H,14,15). The second-order valence-corrected chi connectivity index (χ2v) is 3.98. The van der Waals surface area contributed by atoms with Gasteiger partial charge in [0.15, 0.2) is 11.6 Å². The van der Waals surface area contributed by atoms with Gasteiger partial charge >= 0.3 is 5.97 Å².